The molecule has 3 heterocycles. The van der Waals surface area contributed by atoms with Gasteiger partial charge < -0.3 is 14.1 Å². The lowest BCUT2D eigenvalue weighted by Crippen LogP contribution is -2.52. The van der Waals surface area contributed by atoms with E-state index in [4.69, 9.17) is 9.15 Å². The van der Waals surface area contributed by atoms with Gasteiger partial charge in [0.15, 0.2) is 5.76 Å². The molecule has 2 saturated heterocycles. The minimum atomic E-state index is -3.21. The predicted octanol–water partition coefficient (Wildman–Crippen LogP) is 1.15. The Kier molecular flexibility index (Phi) is 4.72. The second-order valence-electron chi connectivity index (χ2n) is 6.84. The van der Waals surface area contributed by atoms with E-state index >= 15 is 0 Å². The number of carbonyl (C=O) groups excluding carboxylic acids is 1. The molecule has 24 heavy (non-hydrogen) atoms. The predicted molar refractivity (Wildman–Crippen MR) is 88.2 cm³/mol. The van der Waals surface area contributed by atoms with Crippen LogP contribution in [0.25, 0.3) is 0 Å². The summed E-state index contributed by atoms with van der Waals surface area (Å²) in [5.74, 6) is 0.287. The van der Waals surface area contributed by atoms with E-state index in [0.29, 0.717) is 38.4 Å². The zero-order valence-electron chi connectivity index (χ0n) is 14.1. The van der Waals surface area contributed by atoms with Crippen LogP contribution < -0.4 is 4.72 Å². The van der Waals surface area contributed by atoms with Gasteiger partial charge in [-0.05, 0) is 32.3 Å². The van der Waals surface area contributed by atoms with Gasteiger partial charge in [-0.25, -0.2) is 13.1 Å². The molecule has 0 radical (unpaired) electrons. The van der Waals surface area contributed by atoms with Gasteiger partial charge in [-0.1, -0.05) is 0 Å². The summed E-state index contributed by atoms with van der Waals surface area (Å²) in [6.45, 7) is 4.08. The lowest BCUT2D eigenvalue weighted by Gasteiger charge is -2.43. The summed E-state index contributed by atoms with van der Waals surface area (Å²) >= 11 is 0. The normalized spacial score (nSPS) is 27.2. The minimum Gasteiger partial charge on any atom is -0.459 e. The molecule has 0 spiro atoms. The Bertz CT molecular complexity index is 714. The maximum absolute atomic E-state index is 12.7. The van der Waals surface area contributed by atoms with Gasteiger partial charge in [-0.2, -0.15) is 0 Å². The molecule has 134 valence electrons. The fraction of sp³-hybridized carbons (Fsp3) is 0.688. The molecule has 2 atom stereocenters. The molecule has 8 heteroatoms. The second kappa shape index (κ2) is 6.50. The van der Waals surface area contributed by atoms with Crippen molar-refractivity contribution in [3.8, 4) is 0 Å². The van der Waals surface area contributed by atoms with Crippen LogP contribution >= 0.6 is 0 Å². The molecule has 0 saturated carbocycles. The van der Waals surface area contributed by atoms with Crippen molar-refractivity contribution >= 4 is 15.9 Å². The molecule has 0 aromatic carbocycles. The first kappa shape index (κ1) is 17.4. The summed E-state index contributed by atoms with van der Waals surface area (Å²) in [7, 11) is -3.21. The number of hydrogen-bond acceptors (Lipinski definition) is 5. The van der Waals surface area contributed by atoms with Crippen molar-refractivity contribution in [3.05, 3.63) is 23.7 Å². The fourth-order valence-electron chi connectivity index (χ4n) is 3.80. The van der Waals surface area contributed by atoms with Crippen molar-refractivity contribution < 1.29 is 22.4 Å². The van der Waals surface area contributed by atoms with E-state index in [2.05, 4.69) is 4.72 Å². The minimum absolute atomic E-state index is 0.0839. The smallest absolute Gasteiger partial charge is 0.289 e. The van der Waals surface area contributed by atoms with E-state index in [1.54, 1.807) is 6.07 Å². The SMILES string of the molecule is Cc1ccoc1C(=O)N1CC[C@@H]2OCC[C@]2(CCNS(C)(=O)=O)C1. The maximum atomic E-state index is 12.7. The van der Waals surface area contributed by atoms with Crippen LogP contribution in [0, 0.1) is 12.3 Å². The number of sulfonamides is 1. The highest BCUT2D eigenvalue weighted by molar-refractivity contribution is 7.88. The van der Waals surface area contributed by atoms with Crippen LogP contribution in [0.4, 0.5) is 0 Å². The van der Waals surface area contributed by atoms with Crippen LogP contribution in [0.15, 0.2) is 16.7 Å². The highest BCUT2D eigenvalue weighted by Crippen LogP contribution is 2.43. The summed E-state index contributed by atoms with van der Waals surface area (Å²) in [6, 6.07) is 1.78. The third-order valence-corrected chi connectivity index (χ3v) is 5.83. The lowest BCUT2D eigenvalue weighted by molar-refractivity contribution is -0.0167. The number of carbonyl (C=O) groups is 1. The zero-order chi connectivity index (χ0) is 17.4. The summed E-state index contributed by atoms with van der Waals surface area (Å²) in [6.07, 6.45) is 5.03. The quantitative estimate of drug-likeness (QED) is 0.855. The molecule has 1 aromatic rings. The monoisotopic (exact) mass is 356 g/mol. The summed E-state index contributed by atoms with van der Waals surface area (Å²) < 4.78 is 36.4. The molecule has 2 aliphatic rings. The van der Waals surface area contributed by atoms with Gasteiger partial charge in [0.05, 0.1) is 18.6 Å². The Morgan fingerprint density at radius 1 is 1.50 bits per heavy atom. The van der Waals surface area contributed by atoms with E-state index in [1.165, 1.54) is 6.26 Å². The first-order valence-electron chi connectivity index (χ1n) is 8.20. The molecule has 0 aliphatic carbocycles. The largest absolute Gasteiger partial charge is 0.459 e. The standard InChI is InChI=1S/C16H24N2O5S/c1-12-4-9-23-14(12)15(19)18-8-3-13-16(11-18,6-10-22-13)5-7-17-24(2,20)21/h4,9,13,17H,3,5-8,10-11H2,1-2H3/t13-,16+/m0/s1. The average Bonchev–Trinajstić information content (AvgIpc) is 3.10. The van der Waals surface area contributed by atoms with Crippen molar-refractivity contribution in [2.45, 2.75) is 32.3 Å². The number of nitrogens with one attached hydrogen (secondary N) is 1. The molecular weight excluding hydrogens is 332 g/mol. The van der Waals surface area contributed by atoms with Gasteiger partial charge in [-0.15, -0.1) is 0 Å². The molecular formula is C16H24N2O5S. The fourth-order valence-corrected chi connectivity index (χ4v) is 4.28. The number of piperidine rings is 1. The van der Waals surface area contributed by atoms with E-state index in [1.807, 2.05) is 11.8 Å². The Hall–Kier alpha value is -1.38. The summed E-state index contributed by atoms with van der Waals surface area (Å²) in [4.78, 5) is 14.5. The molecule has 7 nitrogen and oxygen atoms in total. The maximum Gasteiger partial charge on any atom is 0.289 e. The van der Waals surface area contributed by atoms with Crippen molar-refractivity contribution in [2.24, 2.45) is 5.41 Å². The number of ether oxygens (including phenoxy) is 1. The van der Waals surface area contributed by atoms with Gasteiger partial charge in [0, 0.05) is 37.2 Å². The first-order chi connectivity index (χ1) is 11.3. The highest BCUT2D eigenvalue weighted by Gasteiger charge is 2.48. The van der Waals surface area contributed by atoms with E-state index in [-0.39, 0.29) is 17.4 Å². The van der Waals surface area contributed by atoms with Crippen LogP contribution in [0.3, 0.4) is 0 Å². The molecule has 1 aromatic heterocycles. The van der Waals surface area contributed by atoms with Gasteiger partial charge in [0.25, 0.3) is 5.91 Å². The number of rotatable bonds is 5. The molecule has 0 unspecified atom stereocenters. The Morgan fingerprint density at radius 3 is 2.96 bits per heavy atom. The number of fused-ring (bicyclic) bond motifs is 1. The number of hydrogen-bond donors (Lipinski definition) is 1. The van der Waals surface area contributed by atoms with Crippen molar-refractivity contribution in [1.82, 2.24) is 9.62 Å². The van der Waals surface area contributed by atoms with Crippen LogP contribution in [0.2, 0.25) is 0 Å². The average molecular weight is 356 g/mol. The summed E-state index contributed by atoms with van der Waals surface area (Å²) in [5.41, 5.74) is 0.643. The molecule has 2 aliphatic heterocycles. The highest BCUT2D eigenvalue weighted by atomic mass is 32.2. The van der Waals surface area contributed by atoms with Crippen LogP contribution in [-0.2, 0) is 14.8 Å². The summed E-state index contributed by atoms with van der Waals surface area (Å²) in [5, 5.41) is 0. The topological polar surface area (TPSA) is 88.8 Å². The van der Waals surface area contributed by atoms with E-state index < -0.39 is 10.0 Å². The second-order valence-corrected chi connectivity index (χ2v) is 8.67. The number of amides is 1. The molecule has 0 bridgehead atoms. The van der Waals surface area contributed by atoms with Gasteiger partial charge in [0.2, 0.25) is 10.0 Å². The molecule has 2 fully saturated rings. The first-order valence-corrected chi connectivity index (χ1v) is 10.1. The third-order valence-electron chi connectivity index (χ3n) is 5.10. The van der Waals surface area contributed by atoms with E-state index in [0.717, 1.165) is 24.7 Å². The van der Waals surface area contributed by atoms with Gasteiger partial charge >= 0.3 is 0 Å². The van der Waals surface area contributed by atoms with Crippen molar-refractivity contribution in [2.75, 3.05) is 32.5 Å². The van der Waals surface area contributed by atoms with E-state index in [9.17, 15) is 13.2 Å². The number of nitrogens with zero attached hydrogens (tertiary/aromatic N) is 1. The van der Waals surface area contributed by atoms with Crippen molar-refractivity contribution in [3.63, 3.8) is 0 Å². The van der Waals surface area contributed by atoms with Crippen molar-refractivity contribution in [1.29, 1.82) is 0 Å². The number of likely N-dealkylation sites (tertiary alicyclic amines) is 1. The Morgan fingerprint density at radius 2 is 2.29 bits per heavy atom. The Balaban J connectivity index is 1.72. The number of furan rings is 1. The molecule has 3 rings (SSSR count). The molecule has 1 N–H and O–H groups in total. The zero-order valence-corrected chi connectivity index (χ0v) is 14.9. The number of aryl methyl sites for hydroxylation is 1. The Labute approximate surface area is 142 Å². The van der Waals surface area contributed by atoms with Gasteiger partial charge in [0.1, 0.15) is 0 Å². The lowest BCUT2D eigenvalue weighted by atomic mass is 9.74. The third kappa shape index (κ3) is 3.50. The molecule has 1 amide bonds. The van der Waals surface area contributed by atoms with Crippen LogP contribution in [0.5, 0.6) is 0 Å². The van der Waals surface area contributed by atoms with Crippen LogP contribution in [-0.4, -0.2) is 57.8 Å². The van der Waals surface area contributed by atoms with Gasteiger partial charge in [-0.3, -0.25) is 4.79 Å². The van der Waals surface area contributed by atoms with Crippen LogP contribution in [0.1, 0.15) is 35.4 Å².